The summed E-state index contributed by atoms with van der Waals surface area (Å²) in [5.41, 5.74) is 1.61. The van der Waals surface area contributed by atoms with Crippen LogP contribution >= 0.6 is 23.2 Å². The first-order valence-corrected chi connectivity index (χ1v) is 6.86. The van der Waals surface area contributed by atoms with E-state index in [1.54, 1.807) is 36.4 Å². The van der Waals surface area contributed by atoms with Gasteiger partial charge in [-0.3, -0.25) is 0 Å². The highest BCUT2D eigenvalue weighted by atomic mass is 35.5. The molecule has 0 atom stereocenters. The highest BCUT2D eigenvalue weighted by Crippen LogP contribution is 2.28. The Morgan fingerprint density at radius 2 is 2.00 bits per heavy atom. The number of hydrogen-bond donors (Lipinski definition) is 2. The maximum atomic E-state index is 11.6. The molecule has 0 amide bonds. The smallest absolute Gasteiger partial charge is 0.339 e. The van der Waals surface area contributed by atoms with Crippen molar-refractivity contribution >= 4 is 34.9 Å². The number of esters is 1. The first-order valence-electron chi connectivity index (χ1n) is 6.11. The van der Waals surface area contributed by atoms with Crippen molar-refractivity contribution in [3.8, 4) is 5.75 Å². The molecule has 0 fully saturated rings. The predicted molar refractivity (Wildman–Crippen MR) is 83.2 cm³/mol. The van der Waals surface area contributed by atoms with Crippen LogP contribution in [-0.2, 0) is 11.3 Å². The molecule has 0 saturated carbocycles. The maximum absolute atomic E-state index is 11.6. The summed E-state index contributed by atoms with van der Waals surface area (Å²) in [5, 5.41) is 13.5. The van der Waals surface area contributed by atoms with Crippen molar-refractivity contribution in [1.29, 1.82) is 0 Å². The van der Waals surface area contributed by atoms with Crippen LogP contribution in [0.3, 0.4) is 0 Å². The van der Waals surface area contributed by atoms with Crippen LogP contribution in [0.4, 0.5) is 5.69 Å². The molecule has 0 spiro atoms. The lowest BCUT2D eigenvalue weighted by Crippen LogP contribution is -2.05. The number of anilines is 1. The van der Waals surface area contributed by atoms with Gasteiger partial charge >= 0.3 is 5.97 Å². The summed E-state index contributed by atoms with van der Waals surface area (Å²) >= 11 is 11.8. The first-order chi connectivity index (χ1) is 10.0. The minimum atomic E-state index is -0.505. The van der Waals surface area contributed by atoms with Gasteiger partial charge in [0.2, 0.25) is 0 Å². The Hall–Kier alpha value is -1.91. The largest absolute Gasteiger partial charge is 0.506 e. The number of carbonyl (C=O) groups is 1. The van der Waals surface area contributed by atoms with E-state index in [9.17, 15) is 9.90 Å². The van der Waals surface area contributed by atoms with Crippen molar-refractivity contribution in [2.45, 2.75) is 6.54 Å². The second-order valence-electron chi connectivity index (χ2n) is 4.29. The minimum absolute atomic E-state index is 0.0359. The molecule has 0 aliphatic carbocycles. The van der Waals surface area contributed by atoms with Gasteiger partial charge in [0.05, 0.1) is 22.7 Å². The van der Waals surface area contributed by atoms with Gasteiger partial charge in [-0.15, -0.1) is 0 Å². The van der Waals surface area contributed by atoms with Gasteiger partial charge in [-0.1, -0.05) is 35.3 Å². The number of aromatic hydroxyl groups is 1. The molecule has 110 valence electrons. The van der Waals surface area contributed by atoms with E-state index in [2.05, 4.69) is 10.1 Å². The summed E-state index contributed by atoms with van der Waals surface area (Å²) in [6, 6.07) is 10.0. The van der Waals surface area contributed by atoms with Crippen LogP contribution in [-0.4, -0.2) is 18.2 Å². The number of halogens is 2. The summed E-state index contributed by atoms with van der Waals surface area (Å²) in [7, 11) is 1.29. The average molecular weight is 326 g/mol. The maximum Gasteiger partial charge on any atom is 0.339 e. The molecule has 0 saturated heterocycles. The van der Waals surface area contributed by atoms with Crippen LogP contribution in [0.1, 0.15) is 15.9 Å². The van der Waals surface area contributed by atoms with Gasteiger partial charge in [-0.2, -0.15) is 0 Å². The standard InChI is InChI=1S/C15H13Cl2NO3/c1-21-15(20)11-7-10(5-6-12(11)16)18-8-9-3-2-4-13(17)14(9)19/h2-7,18-19H,8H2,1H3. The lowest BCUT2D eigenvalue weighted by molar-refractivity contribution is 0.0601. The molecular weight excluding hydrogens is 313 g/mol. The molecular formula is C15H13Cl2NO3. The molecule has 2 aromatic carbocycles. The quantitative estimate of drug-likeness (QED) is 0.831. The molecule has 21 heavy (non-hydrogen) atoms. The molecule has 0 heterocycles. The zero-order valence-electron chi connectivity index (χ0n) is 11.2. The number of ether oxygens (including phenoxy) is 1. The Morgan fingerprint density at radius 3 is 2.71 bits per heavy atom. The van der Waals surface area contributed by atoms with Gasteiger partial charge < -0.3 is 15.2 Å². The first kappa shape index (κ1) is 15.5. The summed E-state index contributed by atoms with van der Waals surface area (Å²) in [5.74, 6) is -0.469. The molecule has 6 heteroatoms. The predicted octanol–water partition coefficient (Wildman–Crippen LogP) is 4.10. The number of rotatable bonds is 4. The SMILES string of the molecule is COC(=O)c1cc(NCc2cccc(Cl)c2O)ccc1Cl. The Bertz CT molecular complexity index is 674. The van der Waals surface area contributed by atoms with E-state index in [4.69, 9.17) is 23.2 Å². The normalized spacial score (nSPS) is 10.2. The van der Waals surface area contributed by atoms with E-state index in [1.165, 1.54) is 7.11 Å². The van der Waals surface area contributed by atoms with Crippen LogP contribution in [0.5, 0.6) is 5.75 Å². The van der Waals surface area contributed by atoms with Gasteiger partial charge in [-0.05, 0) is 24.3 Å². The Balaban J connectivity index is 2.17. The molecule has 2 rings (SSSR count). The lowest BCUT2D eigenvalue weighted by atomic mass is 10.1. The summed E-state index contributed by atoms with van der Waals surface area (Å²) < 4.78 is 4.66. The van der Waals surface area contributed by atoms with E-state index >= 15 is 0 Å². The molecule has 0 unspecified atom stereocenters. The van der Waals surface area contributed by atoms with Gasteiger partial charge in [0, 0.05) is 17.8 Å². The molecule has 0 bridgehead atoms. The topological polar surface area (TPSA) is 58.6 Å². The van der Waals surface area contributed by atoms with E-state index < -0.39 is 5.97 Å². The van der Waals surface area contributed by atoms with Gasteiger partial charge in [0.15, 0.2) is 0 Å². The van der Waals surface area contributed by atoms with Crippen molar-refractivity contribution in [1.82, 2.24) is 0 Å². The monoisotopic (exact) mass is 325 g/mol. The van der Waals surface area contributed by atoms with Crippen LogP contribution in [0.2, 0.25) is 10.0 Å². The summed E-state index contributed by atoms with van der Waals surface area (Å²) in [4.78, 5) is 11.6. The lowest BCUT2D eigenvalue weighted by Gasteiger charge is -2.10. The molecule has 0 aliphatic rings. The highest BCUT2D eigenvalue weighted by molar-refractivity contribution is 6.33. The van der Waals surface area contributed by atoms with Crippen molar-refractivity contribution in [2.75, 3.05) is 12.4 Å². The number of nitrogens with one attached hydrogen (secondary N) is 1. The molecule has 0 aromatic heterocycles. The zero-order valence-corrected chi connectivity index (χ0v) is 12.7. The van der Waals surface area contributed by atoms with Crippen LogP contribution in [0.25, 0.3) is 0 Å². The van der Waals surface area contributed by atoms with Gasteiger partial charge in [0.1, 0.15) is 5.75 Å². The van der Waals surface area contributed by atoms with E-state index in [-0.39, 0.29) is 11.3 Å². The number of methoxy groups -OCH3 is 1. The fraction of sp³-hybridized carbons (Fsp3) is 0.133. The van der Waals surface area contributed by atoms with Crippen LogP contribution in [0.15, 0.2) is 36.4 Å². The third-order valence-corrected chi connectivity index (χ3v) is 3.56. The molecule has 4 nitrogen and oxygen atoms in total. The number of para-hydroxylation sites is 1. The third kappa shape index (κ3) is 3.60. The van der Waals surface area contributed by atoms with Crippen LogP contribution in [0, 0.1) is 0 Å². The number of phenols is 1. The molecule has 2 N–H and O–H groups in total. The molecule has 0 radical (unpaired) electrons. The summed E-state index contributed by atoms with van der Waals surface area (Å²) in [6.07, 6.45) is 0. The van der Waals surface area contributed by atoms with E-state index in [0.29, 0.717) is 27.8 Å². The zero-order chi connectivity index (χ0) is 15.4. The molecule has 2 aromatic rings. The Kier molecular flexibility index (Phi) is 4.94. The van der Waals surface area contributed by atoms with Crippen LogP contribution < -0.4 is 5.32 Å². The fourth-order valence-electron chi connectivity index (χ4n) is 1.80. The van der Waals surface area contributed by atoms with Crippen molar-refractivity contribution in [3.05, 3.63) is 57.6 Å². The van der Waals surface area contributed by atoms with Crippen molar-refractivity contribution < 1.29 is 14.6 Å². The number of benzene rings is 2. The number of hydrogen-bond acceptors (Lipinski definition) is 4. The van der Waals surface area contributed by atoms with Gasteiger partial charge in [-0.25, -0.2) is 4.79 Å². The second kappa shape index (κ2) is 6.70. The minimum Gasteiger partial charge on any atom is -0.506 e. The Morgan fingerprint density at radius 1 is 1.24 bits per heavy atom. The summed E-state index contributed by atoms with van der Waals surface area (Å²) in [6.45, 7) is 0.356. The van der Waals surface area contributed by atoms with Crippen molar-refractivity contribution in [2.24, 2.45) is 0 Å². The third-order valence-electron chi connectivity index (χ3n) is 2.92. The van der Waals surface area contributed by atoms with Gasteiger partial charge in [0.25, 0.3) is 0 Å². The Labute approximate surface area is 132 Å². The number of phenolic OH excluding ortho intramolecular Hbond substituents is 1. The molecule has 0 aliphatic heterocycles. The van der Waals surface area contributed by atoms with E-state index in [0.717, 1.165) is 0 Å². The second-order valence-corrected chi connectivity index (χ2v) is 5.10. The fourth-order valence-corrected chi connectivity index (χ4v) is 2.19. The average Bonchev–Trinajstić information content (AvgIpc) is 2.49. The van der Waals surface area contributed by atoms with Crippen molar-refractivity contribution in [3.63, 3.8) is 0 Å². The van der Waals surface area contributed by atoms with E-state index in [1.807, 2.05) is 0 Å². The number of carbonyl (C=O) groups excluding carboxylic acids is 1. The highest BCUT2D eigenvalue weighted by Gasteiger charge is 2.11.